The first-order chi connectivity index (χ1) is 9.52. The van der Waals surface area contributed by atoms with Gasteiger partial charge in [-0.25, -0.2) is 9.78 Å². The number of aromatic nitrogens is 1. The molecule has 0 unspecified atom stereocenters. The van der Waals surface area contributed by atoms with Gasteiger partial charge in [-0.1, -0.05) is 18.2 Å². The van der Waals surface area contributed by atoms with Gasteiger partial charge in [0.2, 0.25) is 0 Å². The van der Waals surface area contributed by atoms with E-state index in [1.807, 2.05) is 39.0 Å². The van der Waals surface area contributed by atoms with E-state index < -0.39 is 0 Å². The lowest BCUT2D eigenvalue weighted by Gasteiger charge is -2.09. The maximum absolute atomic E-state index is 11.8. The van der Waals surface area contributed by atoms with Gasteiger partial charge in [-0.05, 0) is 38.8 Å². The molecule has 0 fully saturated rings. The van der Waals surface area contributed by atoms with Crippen molar-refractivity contribution in [2.75, 3.05) is 11.9 Å². The topological polar surface area (TPSA) is 51.2 Å². The van der Waals surface area contributed by atoms with Crippen LogP contribution in [0.3, 0.4) is 0 Å². The molecule has 0 atom stereocenters. The molecule has 0 spiro atoms. The van der Waals surface area contributed by atoms with Gasteiger partial charge in [0.15, 0.2) is 10.8 Å². The maximum Gasteiger partial charge on any atom is 0.358 e. The van der Waals surface area contributed by atoms with Gasteiger partial charge in [0.05, 0.1) is 6.61 Å². The molecule has 20 heavy (non-hydrogen) atoms. The minimum absolute atomic E-state index is 0.357. The second-order valence-electron chi connectivity index (χ2n) is 4.54. The first kappa shape index (κ1) is 14.5. The average Bonchev–Trinajstić information content (AvgIpc) is 2.75. The molecule has 0 bridgehead atoms. The molecule has 0 aliphatic heterocycles. The summed E-state index contributed by atoms with van der Waals surface area (Å²) in [5.74, 6) is -0.365. The van der Waals surface area contributed by atoms with Gasteiger partial charge in [-0.2, -0.15) is 0 Å². The van der Waals surface area contributed by atoms with Crippen LogP contribution in [0.5, 0.6) is 0 Å². The van der Waals surface area contributed by atoms with Crippen LogP contribution in [-0.4, -0.2) is 17.6 Å². The van der Waals surface area contributed by atoms with Crippen molar-refractivity contribution in [2.45, 2.75) is 27.7 Å². The molecule has 1 N–H and O–H groups in total. The molecule has 2 rings (SSSR count). The van der Waals surface area contributed by atoms with Crippen LogP contribution in [0.1, 0.15) is 33.4 Å². The Hall–Kier alpha value is -1.88. The van der Waals surface area contributed by atoms with Crippen molar-refractivity contribution in [2.24, 2.45) is 0 Å². The predicted molar refractivity (Wildman–Crippen MR) is 82.0 cm³/mol. The second kappa shape index (κ2) is 6.05. The number of rotatable bonds is 4. The van der Waals surface area contributed by atoms with Crippen molar-refractivity contribution in [3.05, 3.63) is 39.9 Å². The predicted octanol–water partition coefficient (Wildman–Crippen LogP) is 3.99. The van der Waals surface area contributed by atoms with E-state index in [1.54, 1.807) is 6.92 Å². The Balaban J connectivity index is 2.27. The number of anilines is 2. The zero-order chi connectivity index (χ0) is 14.7. The first-order valence-corrected chi connectivity index (χ1v) is 7.32. The van der Waals surface area contributed by atoms with Crippen molar-refractivity contribution in [3.63, 3.8) is 0 Å². The summed E-state index contributed by atoms with van der Waals surface area (Å²) >= 11 is 1.46. The summed E-state index contributed by atoms with van der Waals surface area (Å²) in [5, 5.41) is 4.01. The highest BCUT2D eigenvalue weighted by molar-refractivity contribution is 7.15. The number of carbonyl (C=O) groups is 1. The number of nitrogens with one attached hydrogen (secondary N) is 1. The highest BCUT2D eigenvalue weighted by Gasteiger charge is 2.17. The monoisotopic (exact) mass is 290 g/mol. The normalized spacial score (nSPS) is 10.4. The Bertz CT molecular complexity index is 615. The Morgan fingerprint density at radius 3 is 2.55 bits per heavy atom. The largest absolute Gasteiger partial charge is 0.461 e. The van der Waals surface area contributed by atoms with E-state index >= 15 is 0 Å². The smallest absolute Gasteiger partial charge is 0.358 e. The summed E-state index contributed by atoms with van der Waals surface area (Å²) in [6.07, 6.45) is 0. The molecule has 1 heterocycles. The molecule has 1 aromatic carbocycles. The van der Waals surface area contributed by atoms with E-state index in [9.17, 15) is 4.79 Å². The Kier molecular flexibility index (Phi) is 4.39. The number of esters is 1. The highest BCUT2D eigenvalue weighted by atomic mass is 32.1. The summed E-state index contributed by atoms with van der Waals surface area (Å²) in [6, 6.07) is 6.11. The zero-order valence-corrected chi connectivity index (χ0v) is 12.9. The van der Waals surface area contributed by atoms with Crippen LogP contribution in [0, 0.1) is 20.8 Å². The van der Waals surface area contributed by atoms with Crippen LogP contribution in [-0.2, 0) is 4.74 Å². The van der Waals surface area contributed by atoms with E-state index in [2.05, 4.69) is 10.3 Å². The summed E-state index contributed by atoms with van der Waals surface area (Å²) < 4.78 is 5.00. The summed E-state index contributed by atoms with van der Waals surface area (Å²) in [7, 11) is 0. The number of para-hydroxylation sites is 1. The van der Waals surface area contributed by atoms with E-state index in [-0.39, 0.29) is 5.97 Å². The third-order valence-electron chi connectivity index (χ3n) is 2.98. The second-order valence-corrected chi connectivity index (χ2v) is 5.74. The van der Waals surface area contributed by atoms with Crippen LogP contribution >= 0.6 is 11.3 Å². The number of thiazole rings is 1. The molecule has 0 saturated carbocycles. The quantitative estimate of drug-likeness (QED) is 0.865. The van der Waals surface area contributed by atoms with Gasteiger partial charge in [-0.3, -0.25) is 0 Å². The minimum Gasteiger partial charge on any atom is -0.461 e. The molecule has 4 nitrogen and oxygen atoms in total. The number of hydrogen-bond acceptors (Lipinski definition) is 5. The summed E-state index contributed by atoms with van der Waals surface area (Å²) in [6.45, 7) is 8.11. The molecule has 0 saturated heterocycles. The molecular formula is C15H18N2O2S. The van der Waals surface area contributed by atoms with Gasteiger partial charge in [0, 0.05) is 10.6 Å². The fourth-order valence-corrected chi connectivity index (χ4v) is 2.76. The Morgan fingerprint density at radius 1 is 1.30 bits per heavy atom. The molecule has 0 aliphatic carbocycles. The van der Waals surface area contributed by atoms with Crippen LogP contribution < -0.4 is 5.32 Å². The molecule has 5 heteroatoms. The van der Waals surface area contributed by atoms with Crippen LogP contribution in [0.4, 0.5) is 10.8 Å². The summed E-state index contributed by atoms with van der Waals surface area (Å²) in [5.41, 5.74) is 3.73. The number of nitrogens with zero attached hydrogens (tertiary/aromatic N) is 1. The number of aryl methyl sites for hydroxylation is 3. The third-order valence-corrected chi connectivity index (χ3v) is 3.86. The molecule has 2 aromatic rings. The van der Waals surface area contributed by atoms with Gasteiger partial charge in [0.1, 0.15) is 0 Å². The van der Waals surface area contributed by atoms with E-state index in [4.69, 9.17) is 4.74 Å². The summed E-state index contributed by atoms with van der Waals surface area (Å²) in [4.78, 5) is 17.0. The molecule has 106 valence electrons. The van der Waals surface area contributed by atoms with Crippen molar-refractivity contribution in [1.82, 2.24) is 4.98 Å². The van der Waals surface area contributed by atoms with E-state index in [0.29, 0.717) is 17.4 Å². The number of carbonyl (C=O) groups excluding carboxylic acids is 1. The lowest BCUT2D eigenvalue weighted by atomic mass is 10.1. The molecule has 0 amide bonds. The fourth-order valence-electron chi connectivity index (χ4n) is 1.96. The number of hydrogen-bond donors (Lipinski definition) is 1. The Morgan fingerprint density at radius 2 is 1.95 bits per heavy atom. The van der Waals surface area contributed by atoms with Gasteiger partial charge < -0.3 is 10.1 Å². The zero-order valence-electron chi connectivity index (χ0n) is 12.1. The standard InChI is InChI=1S/C15H18N2O2S/c1-5-19-14(18)13-11(4)20-15(17-13)16-12-9(2)7-6-8-10(12)3/h6-8H,5H2,1-4H3,(H,16,17). The molecule has 0 aliphatic rings. The van der Waals surface area contributed by atoms with Crippen molar-refractivity contribution >= 4 is 28.1 Å². The van der Waals surface area contributed by atoms with Crippen LogP contribution in [0.15, 0.2) is 18.2 Å². The third kappa shape index (κ3) is 2.99. The number of benzene rings is 1. The maximum atomic E-state index is 11.8. The lowest BCUT2D eigenvalue weighted by Crippen LogP contribution is -2.06. The van der Waals surface area contributed by atoms with E-state index in [1.165, 1.54) is 11.3 Å². The first-order valence-electron chi connectivity index (χ1n) is 6.50. The molecule has 1 aromatic heterocycles. The molecule has 0 radical (unpaired) electrons. The van der Waals surface area contributed by atoms with Crippen molar-refractivity contribution in [3.8, 4) is 0 Å². The van der Waals surface area contributed by atoms with Crippen molar-refractivity contribution in [1.29, 1.82) is 0 Å². The van der Waals surface area contributed by atoms with Crippen LogP contribution in [0.2, 0.25) is 0 Å². The Labute approximate surface area is 122 Å². The molecular weight excluding hydrogens is 272 g/mol. The fraction of sp³-hybridized carbons (Fsp3) is 0.333. The number of ether oxygens (including phenoxy) is 1. The van der Waals surface area contributed by atoms with Crippen molar-refractivity contribution < 1.29 is 9.53 Å². The average molecular weight is 290 g/mol. The van der Waals surface area contributed by atoms with E-state index in [0.717, 1.165) is 21.7 Å². The van der Waals surface area contributed by atoms with Crippen LogP contribution in [0.25, 0.3) is 0 Å². The highest BCUT2D eigenvalue weighted by Crippen LogP contribution is 2.29. The SMILES string of the molecule is CCOC(=O)c1nc(Nc2c(C)cccc2C)sc1C. The van der Waals surface area contributed by atoms with Gasteiger partial charge >= 0.3 is 5.97 Å². The van der Waals surface area contributed by atoms with Gasteiger partial charge in [0.25, 0.3) is 0 Å². The lowest BCUT2D eigenvalue weighted by molar-refractivity contribution is 0.0519. The minimum atomic E-state index is -0.365. The van der Waals surface area contributed by atoms with Gasteiger partial charge in [-0.15, -0.1) is 11.3 Å².